The third kappa shape index (κ3) is 1.01. The van der Waals surface area contributed by atoms with Crippen LogP contribution in [0.4, 0.5) is 4.39 Å². The van der Waals surface area contributed by atoms with Crippen LogP contribution < -0.4 is 0 Å². The Bertz CT molecular complexity index is 205. The topological polar surface area (TPSA) is 17.1 Å². The van der Waals surface area contributed by atoms with Crippen LogP contribution in [0.25, 0.3) is 0 Å². The van der Waals surface area contributed by atoms with Crippen molar-refractivity contribution in [1.82, 2.24) is 0 Å². The Morgan fingerprint density at radius 3 is 2.70 bits per heavy atom. The van der Waals surface area contributed by atoms with E-state index in [0.29, 0.717) is 0 Å². The van der Waals surface area contributed by atoms with Gasteiger partial charge in [-0.15, -0.1) is 0 Å². The monoisotopic (exact) mass is 140 g/mol. The second kappa shape index (κ2) is 2.37. The van der Waals surface area contributed by atoms with E-state index in [4.69, 9.17) is 0 Å². The van der Waals surface area contributed by atoms with Crippen molar-refractivity contribution in [2.24, 2.45) is 0 Å². The minimum Gasteiger partial charge on any atom is -0.291 e. The molecule has 1 unspecified atom stereocenters. The number of ketones is 1. The van der Waals surface area contributed by atoms with Gasteiger partial charge < -0.3 is 0 Å². The molecule has 0 aliphatic heterocycles. The van der Waals surface area contributed by atoms with Crippen LogP contribution in [-0.4, -0.2) is 11.5 Å². The fraction of sp³-hybridized carbons (Fsp3) is 0.375. The summed E-state index contributed by atoms with van der Waals surface area (Å²) in [5, 5.41) is 0. The molecule has 0 aromatic carbocycles. The minimum atomic E-state index is -1.73. The molecule has 0 aromatic heterocycles. The summed E-state index contributed by atoms with van der Waals surface area (Å²) in [7, 11) is 0. The van der Waals surface area contributed by atoms with Crippen LogP contribution in [0.2, 0.25) is 0 Å². The lowest BCUT2D eigenvalue weighted by molar-refractivity contribution is -0.123. The summed E-state index contributed by atoms with van der Waals surface area (Å²) in [5.41, 5.74) is -1.73. The highest BCUT2D eigenvalue weighted by Gasteiger charge is 2.32. The van der Waals surface area contributed by atoms with Crippen LogP contribution in [-0.2, 0) is 4.79 Å². The molecule has 0 radical (unpaired) electrons. The van der Waals surface area contributed by atoms with Gasteiger partial charge in [0.05, 0.1) is 0 Å². The van der Waals surface area contributed by atoms with Gasteiger partial charge in [0.1, 0.15) is 0 Å². The van der Waals surface area contributed by atoms with Crippen LogP contribution in [0, 0.1) is 0 Å². The lowest BCUT2D eigenvalue weighted by atomic mass is 9.93. The maximum absolute atomic E-state index is 13.2. The van der Waals surface area contributed by atoms with Crippen LogP contribution in [0.5, 0.6) is 0 Å². The lowest BCUT2D eigenvalue weighted by Crippen LogP contribution is -2.30. The van der Waals surface area contributed by atoms with Crippen molar-refractivity contribution in [3.05, 3.63) is 24.3 Å². The summed E-state index contributed by atoms with van der Waals surface area (Å²) < 4.78 is 13.2. The highest BCUT2D eigenvalue weighted by Crippen LogP contribution is 2.22. The molecule has 0 fully saturated rings. The van der Waals surface area contributed by atoms with E-state index in [2.05, 4.69) is 0 Å². The first-order valence-corrected chi connectivity index (χ1v) is 3.28. The normalized spacial score (nSPS) is 31.2. The van der Waals surface area contributed by atoms with Crippen LogP contribution in [0.1, 0.15) is 13.3 Å². The first-order valence-electron chi connectivity index (χ1n) is 3.28. The van der Waals surface area contributed by atoms with E-state index in [1.54, 1.807) is 19.1 Å². The first-order chi connectivity index (χ1) is 4.69. The SMILES string of the molecule is CCC1(F)C=CC=CC1=O. The van der Waals surface area contributed by atoms with Gasteiger partial charge in [-0.05, 0) is 18.6 Å². The molecular formula is C8H9FO. The molecule has 0 spiro atoms. The van der Waals surface area contributed by atoms with Crippen molar-refractivity contribution in [2.45, 2.75) is 19.0 Å². The van der Waals surface area contributed by atoms with Crippen molar-refractivity contribution in [2.75, 3.05) is 0 Å². The highest BCUT2D eigenvalue weighted by molar-refractivity contribution is 5.99. The van der Waals surface area contributed by atoms with Crippen molar-refractivity contribution in [3.8, 4) is 0 Å². The third-order valence-corrected chi connectivity index (χ3v) is 1.64. The van der Waals surface area contributed by atoms with Crippen molar-refractivity contribution in [1.29, 1.82) is 0 Å². The summed E-state index contributed by atoms with van der Waals surface area (Å²) in [5.74, 6) is -0.447. The lowest BCUT2D eigenvalue weighted by Gasteiger charge is -2.17. The van der Waals surface area contributed by atoms with E-state index in [0.717, 1.165) is 0 Å². The summed E-state index contributed by atoms with van der Waals surface area (Å²) >= 11 is 0. The molecule has 0 N–H and O–H groups in total. The molecule has 0 amide bonds. The quantitative estimate of drug-likeness (QED) is 0.542. The molecule has 54 valence electrons. The Morgan fingerprint density at radius 2 is 2.30 bits per heavy atom. The van der Waals surface area contributed by atoms with Gasteiger partial charge in [0.15, 0.2) is 11.5 Å². The van der Waals surface area contributed by atoms with Crippen LogP contribution in [0.3, 0.4) is 0 Å². The minimum absolute atomic E-state index is 0.215. The molecule has 0 saturated carbocycles. The molecule has 1 aliphatic carbocycles. The second-order valence-corrected chi connectivity index (χ2v) is 2.30. The number of hydrogen-bond acceptors (Lipinski definition) is 1. The number of hydrogen-bond donors (Lipinski definition) is 0. The Hall–Kier alpha value is -0.920. The van der Waals surface area contributed by atoms with Gasteiger partial charge in [-0.25, -0.2) is 4.39 Å². The fourth-order valence-corrected chi connectivity index (χ4v) is 0.864. The number of rotatable bonds is 1. The largest absolute Gasteiger partial charge is 0.291 e. The number of alkyl halides is 1. The zero-order valence-electron chi connectivity index (χ0n) is 5.80. The van der Waals surface area contributed by atoms with Crippen molar-refractivity contribution >= 4 is 5.78 Å². The van der Waals surface area contributed by atoms with Crippen molar-refractivity contribution in [3.63, 3.8) is 0 Å². The molecule has 1 nitrogen and oxygen atoms in total. The van der Waals surface area contributed by atoms with E-state index < -0.39 is 11.5 Å². The van der Waals surface area contributed by atoms with E-state index in [-0.39, 0.29) is 6.42 Å². The average molecular weight is 140 g/mol. The summed E-state index contributed by atoms with van der Waals surface area (Å²) in [6.07, 6.45) is 5.90. The fourth-order valence-electron chi connectivity index (χ4n) is 0.864. The number of carbonyl (C=O) groups excluding carboxylic acids is 1. The highest BCUT2D eigenvalue weighted by atomic mass is 19.1. The third-order valence-electron chi connectivity index (χ3n) is 1.64. The number of allylic oxidation sites excluding steroid dienone is 4. The Balaban J connectivity index is 2.88. The van der Waals surface area contributed by atoms with Gasteiger partial charge in [-0.2, -0.15) is 0 Å². The molecule has 0 bridgehead atoms. The average Bonchev–Trinajstić information content (AvgIpc) is 1.96. The molecule has 0 heterocycles. The van der Waals surface area contributed by atoms with E-state index in [9.17, 15) is 9.18 Å². The van der Waals surface area contributed by atoms with Gasteiger partial charge in [0, 0.05) is 0 Å². The van der Waals surface area contributed by atoms with Gasteiger partial charge in [0.25, 0.3) is 0 Å². The zero-order valence-corrected chi connectivity index (χ0v) is 5.80. The molecule has 1 aliphatic rings. The predicted molar refractivity (Wildman–Crippen MR) is 37.4 cm³/mol. The molecule has 1 atom stereocenters. The van der Waals surface area contributed by atoms with E-state index >= 15 is 0 Å². The predicted octanol–water partition coefficient (Wildman–Crippen LogP) is 1.80. The molecule has 10 heavy (non-hydrogen) atoms. The van der Waals surface area contributed by atoms with Crippen molar-refractivity contribution < 1.29 is 9.18 Å². The molecule has 0 aromatic rings. The Morgan fingerprint density at radius 1 is 1.60 bits per heavy atom. The summed E-state index contributed by atoms with van der Waals surface area (Å²) in [6.45, 7) is 1.65. The first kappa shape index (κ1) is 7.19. The van der Waals surface area contributed by atoms with E-state index in [1.165, 1.54) is 12.2 Å². The standard InChI is InChI=1S/C8H9FO/c1-2-8(9)6-4-3-5-7(8)10/h3-6H,2H2,1H3. The maximum atomic E-state index is 13.2. The number of halogens is 1. The van der Waals surface area contributed by atoms with E-state index in [1.807, 2.05) is 0 Å². The van der Waals surface area contributed by atoms with Crippen LogP contribution in [0.15, 0.2) is 24.3 Å². The molecule has 0 saturated heterocycles. The molecule has 1 rings (SSSR count). The molecule has 2 heteroatoms. The van der Waals surface area contributed by atoms with Gasteiger partial charge in [0.2, 0.25) is 0 Å². The maximum Gasteiger partial charge on any atom is 0.196 e. The Labute approximate surface area is 59.2 Å². The van der Waals surface area contributed by atoms with Gasteiger partial charge >= 0.3 is 0 Å². The second-order valence-electron chi connectivity index (χ2n) is 2.30. The number of carbonyl (C=O) groups is 1. The van der Waals surface area contributed by atoms with Gasteiger partial charge in [-0.3, -0.25) is 4.79 Å². The molecular weight excluding hydrogens is 131 g/mol. The summed E-state index contributed by atoms with van der Waals surface area (Å²) in [6, 6.07) is 0. The summed E-state index contributed by atoms with van der Waals surface area (Å²) in [4.78, 5) is 10.8. The smallest absolute Gasteiger partial charge is 0.196 e. The van der Waals surface area contributed by atoms with Crippen LogP contribution >= 0.6 is 0 Å². The zero-order chi connectivity index (χ0) is 7.61. The van der Waals surface area contributed by atoms with Gasteiger partial charge in [-0.1, -0.05) is 19.1 Å². The Kier molecular flexibility index (Phi) is 1.70.